The summed E-state index contributed by atoms with van der Waals surface area (Å²) in [6, 6.07) is 12.1. The maximum absolute atomic E-state index is 13.0. The molecule has 0 spiro atoms. The van der Waals surface area contributed by atoms with E-state index in [0.717, 1.165) is 25.3 Å². The van der Waals surface area contributed by atoms with E-state index in [2.05, 4.69) is 20.9 Å². The predicted octanol–water partition coefficient (Wildman–Crippen LogP) is 2.67. The lowest BCUT2D eigenvalue weighted by Gasteiger charge is -2.17. The Morgan fingerprint density at radius 3 is 2.51 bits per heavy atom. The Morgan fingerprint density at radius 1 is 1.13 bits per heavy atom. The topological polar surface area (TPSA) is 140 Å². The molecule has 0 aromatic heterocycles. The highest BCUT2D eigenvalue weighted by Gasteiger charge is 2.38. The van der Waals surface area contributed by atoms with Crippen molar-refractivity contribution in [3.05, 3.63) is 64.3 Å². The van der Waals surface area contributed by atoms with E-state index in [1.165, 1.54) is 35.6 Å². The molecule has 2 aromatic rings. The minimum Gasteiger partial charge on any atom is -0.506 e. The Balaban J connectivity index is 1.33. The second kappa shape index (κ2) is 12.9. The van der Waals surface area contributed by atoms with Gasteiger partial charge in [-0.25, -0.2) is 0 Å². The van der Waals surface area contributed by atoms with Crippen molar-refractivity contribution in [2.75, 3.05) is 49.9 Å². The van der Waals surface area contributed by atoms with Gasteiger partial charge in [0.15, 0.2) is 0 Å². The van der Waals surface area contributed by atoms with Crippen LogP contribution in [0.3, 0.4) is 0 Å². The number of hydrogen-bond donors (Lipinski definition) is 5. The van der Waals surface area contributed by atoms with Crippen LogP contribution in [0.5, 0.6) is 5.75 Å². The van der Waals surface area contributed by atoms with Crippen LogP contribution < -0.4 is 21.7 Å². The van der Waals surface area contributed by atoms with Crippen LogP contribution in [0.15, 0.2) is 53.2 Å². The zero-order valence-electron chi connectivity index (χ0n) is 22.3. The van der Waals surface area contributed by atoms with Crippen LogP contribution in [-0.2, 0) is 9.59 Å². The van der Waals surface area contributed by atoms with E-state index in [-0.39, 0.29) is 28.9 Å². The molecular weight excluding hydrogens is 516 g/mol. The van der Waals surface area contributed by atoms with Crippen LogP contribution in [0.2, 0.25) is 0 Å². The fourth-order valence-electron chi connectivity index (χ4n) is 4.64. The normalized spacial score (nSPS) is 18.8. The minimum absolute atomic E-state index is 0.0590. The average molecular weight is 553 g/mol. The molecule has 2 aliphatic heterocycles. The van der Waals surface area contributed by atoms with E-state index in [0.29, 0.717) is 35.8 Å². The summed E-state index contributed by atoms with van der Waals surface area (Å²) in [4.78, 5) is 42.2. The summed E-state index contributed by atoms with van der Waals surface area (Å²) in [5, 5.41) is 18.9. The predicted molar refractivity (Wildman–Crippen MR) is 154 cm³/mol. The van der Waals surface area contributed by atoms with Gasteiger partial charge in [0.25, 0.3) is 11.8 Å². The molecule has 0 saturated carbocycles. The first-order valence-electron chi connectivity index (χ1n) is 13.2. The SMILES string of the molecule is CCN1C(=O)[C@@H](CNc2ccc(C(=O)NCCN3CCCC3)cc2)S/C1=C(/N)C(=O)Nc1c(C)cccc1O. The number of benzene rings is 2. The van der Waals surface area contributed by atoms with Gasteiger partial charge in [0.1, 0.15) is 21.7 Å². The summed E-state index contributed by atoms with van der Waals surface area (Å²) in [6.45, 7) is 7.96. The van der Waals surface area contributed by atoms with Gasteiger partial charge in [-0.3, -0.25) is 14.4 Å². The lowest BCUT2D eigenvalue weighted by atomic mass is 10.2. The first-order chi connectivity index (χ1) is 18.8. The molecule has 0 aliphatic carbocycles. The number of para-hydroxylation sites is 1. The molecule has 2 aliphatic rings. The van der Waals surface area contributed by atoms with Gasteiger partial charge in [-0.05, 0) is 75.7 Å². The monoisotopic (exact) mass is 552 g/mol. The second-order valence-corrected chi connectivity index (χ2v) is 10.8. The number of nitrogens with two attached hydrogens (primary N) is 1. The number of aromatic hydroxyl groups is 1. The Morgan fingerprint density at radius 2 is 1.85 bits per heavy atom. The molecule has 1 atom stereocenters. The number of aryl methyl sites for hydroxylation is 1. The van der Waals surface area contributed by atoms with Gasteiger partial charge >= 0.3 is 0 Å². The van der Waals surface area contributed by atoms with Crippen LogP contribution in [0.1, 0.15) is 35.7 Å². The molecule has 4 rings (SSSR count). The van der Waals surface area contributed by atoms with Crippen molar-refractivity contribution in [3.8, 4) is 5.75 Å². The third-order valence-electron chi connectivity index (χ3n) is 6.87. The molecule has 39 heavy (non-hydrogen) atoms. The highest BCUT2D eigenvalue weighted by atomic mass is 32.2. The summed E-state index contributed by atoms with van der Waals surface area (Å²) in [7, 11) is 0. The molecule has 2 fully saturated rings. The van der Waals surface area contributed by atoms with Gasteiger partial charge < -0.3 is 36.6 Å². The Bertz CT molecular complexity index is 1220. The summed E-state index contributed by atoms with van der Waals surface area (Å²) in [5.74, 6) is -0.899. The minimum atomic E-state index is -0.587. The second-order valence-electron chi connectivity index (χ2n) is 9.59. The summed E-state index contributed by atoms with van der Waals surface area (Å²) < 4.78 is 0. The van der Waals surface area contributed by atoms with Crippen LogP contribution >= 0.6 is 11.8 Å². The van der Waals surface area contributed by atoms with Gasteiger partial charge in [-0.1, -0.05) is 23.9 Å². The molecule has 6 N–H and O–H groups in total. The lowest BCUT2D eigenvalue weighted by Crippen LogP contribution is -2.34. The smallest absolute Gasteiger partial charge is 0.274 e. The van der Waals surface area contributed by atoms with Gasteiger partial charge in [0, 0.05) is 37.4 Å². The zero-order valence-corrected chi connectivity index (χ0v) is 23.1. The van der Waals surface area contributed by atoms with E-state index in [1.54, 1.807) is 31.2 Å². The highest BCUT2D eigenvalue weighted by molar-refractivity contribution is 8.04. The number of anilines is 2. The summed E-state index contributed by atoms with van der Waals surface area (Å²) in [5.41, 5.74) is 8.44. The van der Waals surface area contributed by atoms with Gasteiger partial charge in [0.2, 0.25) is 5.91 Å². The zero-order chi connectivity index (χ0) is 27.9. The summed E-state index contributed by atoms with van der Waals surface area (Å²) in [6.07, 6.45) is 2.45. The number of nitrogens with one attached hydrogen (secondary N) is 3. The van der Waals surface area contributed by atoms with Gasteiger partial charge in [-0.15, -0.1) is 0 Å². The maximum atomic E-state index is 13.0. The van der Waals surface area contributed by atoms with Crippen LogP contribution in [0.4, 0.5) is 11.4 Å². The van der Waals surface area contributed by atoms with Crippen molar-refractivity contribution in [3.63, 3.8) is 0 Å². The number of phenols is 1. The molecule has 0 unspecified atom stereocenters. The largest absolute Gasteiger partial charge is 0.506 e. The number of carbonyl (C=O) groups is 3. The number of hydrogen-bond acceptors (Lipinski definition) is 8. The standard InChI is InChI=1S/C28H36N6O4S/c1-3-34-27(38)22(39-28(34)23(29)26(37)32-24-18(2)7-6-8-21(24)35)17-31-20-11-9-19(10-12-20)25(36)30-13-16-33-14-4-5-15-33/h6-12,22,31,35H,3-5,13-17,29H2,1-2H3,(H,30,36)(H,32,37)/b28-23+/t22-/m1/s1. The number of phenolic OH excluding ortho intramolecular Hbond substituents is 1. The fourth-order valence-corrected chi connectivity index (χ4v) is 5.87. The quantitative estimate of drug-likeness (QED) is 0.224. The summed E-state index contributed by atoms with van der Waals surface area (Å²) >= 11 is 1.23. The van der Waals surface area contributed by atoms with Gasteiger partial charge in [0.05, 0.1) is 5.69 Å². The van der Waals surface area contributed by atoms with Crippen molar-refractivity contribution >= 4 is 40.9 Å². The molecule has 2 heterocycles. The first-order valence-corrected chi connectivity index (χ1v) is 14.1. The van der Waals surface area contributed by atoms with E-state index in [1.807, 2.05) is 19.1 Å². The number of likely N-dealkylation sites (tertiary alicyclic amines) is 1. The molecule has 0 radical (unpaired) electrons. The van der Waals surface area contributed by atoms with Crippen molar-refractivity contribution in [1.82, 2.24) is 15.1 Å². The van der Waals surface area contributed by atoms with E-state index in [9.17, 15) is 19.5 Å². The van der Waals surface area contributed by atoms with Crippen molar-refractivity contribution in [2.45, 2.75) is 31.9 Å². The number of nitrogens with zero attached hydrogens (tertiary/aromatic N) is 2. The van der Waals surface area contributed by atoms with Gasteiger partial charge in [-0.2, -0.15) is 0 Å². The van der Waals surface area contributed by atoms with Crippen LogP contribution in [0, 0.1) is 6.92 Å². The number of rotatable bonds is 10. The molecule has 0 bridgehead atoms. The number of amides is 3. The van der Waals surface area contributed by atoms with E-state index in [4.69, 9.17) is 5.73 Å². The molecule has 2 aromatic carbocycles. The lowest BCUT2D eigenvalue weighted by molar-refractivity contribution is -0.127. The number of carbonyl (C=O) groups excluding carboxylic acids is 3. The molecule has 2 saturated heterocycles. The molecule has 208 valence electrons. The molecule has 11 heteroatoms. The van der Waals surface area contributed by atoms with Crippen molar-refractivity contribution in [2.24, 2.45) is 5.73 Å². The average Bonchev–Trinajstić information content (AvgIpc) is 3.56. The molecule has 10 nitrogen and oxygen atoms in total. The fraction of sp³-hybridized carbons (Fsp3) is 0.393. The molecule has 3 amide bonds. The number of thioether (sulfide) groups is 1. The third kappa shape index (κ3) is 6.85. The van der Waals surface area contributed by atoms with E-state index < -0.39 is 11.2 Å². The third-order valence-corrected chi connectivity index (χ3v) is 8.19. The first kappa shape index (κ1) is 28.3. The highest BCUT2D eigenvalue weighted by Crippen LogP contribution is 2.37. The Hall–Kier alpha value is -3.70. The Kier molecular flexibility index (Phi) is 9.36. The Labute approximate surface area is 233 Å². The van der Waals surface area contributed by atoms with Crippen molar-refractivity contribution < 1.29 is 19.5 Å². The van der Waals surface area contributed by atoms with E-state index >= 15 is 0 Å². The van der Waals surface area contributed by atoms with Crippen molar-refractivity contribution in [1.29, 1.82) is 0 Å². The van der Waals surface area contributed by atoms with Crippen LogP contribution in [-0.4, -0.2) is 77.1 Å². The maximum Gasteiger partial charge on any atom is 0.274 e. The molecular formula is C28H36N6O4S. The van der Waals surface area contributed by atoms with Crippen LogP contribution in [0.25, 0.3) is 0 Å².